The number of rotatable bonds is 1. The number of aliphatic hydroxyl groups excluding tert-OH is 1. The molecule has 2 rings (SSSR count). The average molecular weight is 283 g/mol. The van der Waals surface area contributed by atoms with E-state index in [1.807, 2.05) is 6.07 Å². The molecule has 1 nitrogen and oxygen atoms in total. The smallest absolute Gasteiger partial charge is 0.0795 e. The molecule has 0 aliphatic heterocycles. The van der Waals surface area contributed by atoms with E-state index >= 15 is 0 Å². The van der Waals surface area contributed by atoms with Gasteiger partial charge in [-0.3, -0.25) is 0 Å². The average Bonchev–Trinajstić information content (AvgIpc) is 2.40. The Labute approximate surface area is 106 Å². The van der Waals surface area contributed by atoms with Crippen LogP contribution in [0.4, 0.5) is 0 Å². The second-order valence-corrected chi connectivity index (χ2v) is 5.96. The lowest BCUT2D eigenvalue weighted by Gasteiger charge is -2.20. The van der Waals surface area contributed by atoms with Gasteiger partial charge in [-0.1, -0.05) is 41.9 Å². The van der Waals surface area contributed by atoms with E-state index in [1.54, 1.807) is 0 Å². The summed E-state index contributed by atoms with van der Waals surface area (Å²) in [5.41, 5.74) is 2.43. The molecule has 1 aromatic carbocycles. The molecule has 1 N–H and O–H groups in total. The molecule has 2 unspecified atom stereocenters. The van der Waals surface area contributed by atoms with Crippen LogP contribution in [-0.4, -0.2) is 5.11 Å². The topological polar surface area (TPSA) is 20.2 Å². The minimum Gasteiger partial charge on any atom is -0.388 e. The number of fused-ring (bicyclic) bond motifs is 1. The van der Waals surface area contributed by atoms with Crippen LogP contribution in [0.1, 0.15) is 43.9 Å². The molecule has 0 radical (unpaired) electrons. The molecule has 1 aliphatic rings. The lowest BCUT2D eigenvalue weighted by Crippen LogP contribution is -2.11. The van der Waals surface area contributed by atoms with Gasteiger partial charge in [-0.15, -0.1) is 0 Å². The Morgan fingerprint density at radius 1 is 1.38 bits per heavy atom. The fourth-order valence-electron chi connectivity index (χ4n) is 2.62. The van der Waals surface area contributed by atoms with Crippen LogP contribution in [0.2, 0.25) is 0 Å². The van der Waals surface area contributed by atoms with E-state index < -0.39 is 0 Å². The second kappa shape index (κ2) is 4.89. The minimum absolute atomic E-state index is 0.289. The van der Waals surface area contributed by atoms with Crippen LogP contribution in [0.25, 0.3) is 0 Å². The zero-order valence-electron chi connectivity index (χ0n) is 9.91. The molecule has 0 amide bonds. The van der Waals surface area contributed by atoms with Crippen molar-refractivity contribution in [1.29, 1.82) is 0 Å². The summed E-state index contributed by atoms with van der Waals surface area (Å²) in [5, 5.41) is 10.3. The molecular weight excluding hydrogens is 264 g/mol. The van der Waals surface area contributed by atoms with Crippen molar-refractivity contribution >= 4 is 15.9 Å². The van der Waals surface area contributed by atoms with Gasteiger partial charge in [0.05, 0.1) is 6.10 Å². The molecule has 2 atom stereocenters. The van der Waals surface area contributed by atoms with Gasteiger partial charge in [-0.25, -0.2) is 0 Å². The minimum atomic E-state index is -0.289. The molecule has 0 aromatic heterocycles. The maximum Gasteiger partial charge on any atom is 0.0795 e. The third-order valence-corrected chi connectivity index (χ3v) is 4.49. The quantitative estimate of drug-likeness (QED) is 0.770. The maximum atomic E-state index is 10.3. The maximum absolute atomic E-state index is 10.3. The Bertz CT molecular complexity index is 373. The second-order valence-electron chi connectivity index (χ2n) is 5.10. The number of hydrogen-bond donors (Lipinski definition) is 1. The van der Waals surface area contributed by atoms with Crippen LogP contribution in [0.3, 0.4) is 0 Å². The van der Waals surface area contributed by atoms with Gasteiger partial charge in [0.1, 0.15) is 0 Å². The highest BCUT2D eigenvalue weighted by Crippen LogP contribution is 2.37. The molecule has 88 valence electrons. The Morgan fingerprint density at radius 2 is 2.12 bits per heavy atom. The van der Waals surface area contributed by atoms with E-state index in [0.29, 0.717) is 11.8 Å². The highest BCUT2D eigenvalue weighted by atomic mass is 79.9. The summed E-state index contributed by atoms with van der Waals surface area (Å²) >= 11 is 3.59. The van der Waals surface area contributed by atoms with Crippen molar-refractivity contribution in [3.05, 3.63) is 33.8 Å². The lowest BCUT2D eigenvalue weighted by molar-refractivity contribution is 0.132. The number of halogens is 1. The molecule has 0 bridgehead atoms. The normalized spacial score (nSPS) is 25.3. The monoisotopic (exact) mass is 282 g/mol. The van der Waals surface area contributed by atoms with Gasteiger partial charge < -0.3 is 5.11 Å². The molecule has 2 heteroatoms. The highest BCUT2D eigenvalue weighted by molar-refractivity contribution is 9.10. The van der Waals surface area contributed by atoms with Crippen molar-refractivity contribution < 1.29 is 5.11 Å². The van der Waals surface area contributed by atoms with Crippen LogP contribution in [-0.2, 0) is 6.42 Å². The fraction of sp³-hybridized carbons (Fsp3) is 0.571. The SMILES string of the molecule is CC(C)C1CCc2c(Br)cccc2C(O)C1. The van der Waals surface area contributed by atoms with E-state index in [4.69, 9.17) is 0 Å². The van der Waals surface area contributed by atoms with Crippen LogP contribution in [0.5, 0.6) is 0 Å². The number of hydrogen-bond acceptors (Lipinski definition) is 1. The van der Waals surface area contributed by atoms with Crippen molar-refractivity contribution in [1.82, 2.24) is 0 Å². The molecule has 0 spiro atoms. The van der Waals surface area contributed by atoms with Crippen molar-refractivity contribution in [3.8, 4) is 0 Å². The zero-order valence-corrected chi connectivity index (χ0v) is 11.5. The first-order valence-corrected chi connectivity index (χ1v) is 6.84. The van der Waals surface area contributed by atoms with Crippen molar-refractivity contribution in [3.63, 3.8) is 0 Å². The van der Waals surface area contributed by atoms with Crippen molar-refractivity contribution in [2.45, 2.75) is 39.2 Å². The summed E-state index contributed by atoms with van der Waals surface area (Å²) in [6, 6.07) is 6.15. The fourth-order valence-corrected chi connectivity index (χ4v) is 3.20. The molecule has 0 heterocycles. The van der Waals surface area contributed by atoms with E-state index in [-0.39, 0.29) is 6.10 Å². The van der Waals surface area contributed by atoms with Crippen LogP contribution in [0, 0.1) is 11.8 Å². The van der Waals surface area contributed by atoms with Crippen molar-refractivity contribution in [2.24, 2.45) is 11.8 Å². The molecule has 16 heavy (non-hydrogen) atoms. The lowest BCUT2D eigenvalue weighted by atomic mass is 9.88. The standard InChI is InChI=1S/C14H19BrO/c1-9(2)10-6-7-11-12(14(16)8-10)4-3-5-13(11)15/h3-5,9-10,14,16H,6-8H2,1-2H3. The predicted molar refractivity (Wildman–Crippen MR) is 70.4 cm³/mol. The predicted octanol–water partition coefficient (Wildman–Crippen LogP) is 4.09. The summed E-state index contributed by atoms with van der Waals surface area (Å²) in [5.74, 6) is 1.29. The Kier molecular flexibility index (Phi) is 3.70. The van der Waals surface area contributed by atoms with E-state index in [1.165, 1.54) is 12.0 Å². The summed E-state index contributed by atoms with van der Waals surface area (Å²) in [4.78, 5) is 0. The third-order valence-electron chi connectivity index (χ3n) is 3.75. The van der Waals surface area contributed by atoms with Gasteiger partial charge in [0, 0.05) is 4.47 Å². The number of aliphatic hydroxyl groups is 1. The largest absolute Gasteiger partial charge is 0.388 e. The summed E-state index contributed by atoms with van der Waals surface area (Å²) in [6.07, 6.45) is 2.88. The Hall–Kier alpha value is -0.340. The zero-order chi connectivity index (χ0) is 11.7. The molecule has 0 saturated heterocycles. The highest BCUT2D eigenvalue weighted by Gasteiger charge is 2.25. The van der Waals surface area contributed by atoms with Crippen LogP contribution < -0.4 is 0 Å². The molecular formula is C14H19BrO. The first-order valence-electron chi connectivity index (χ1n) is 6.05. The molecule has 0 saturated carbocycles. The van der Waals surface area contributed by atoms with Crippen molar-refractivity contribution in [2.75, 3.05) is 0 Å². The van der Waals surface area contributed by atoms with E-state index in [0.717, 1.165) is 22.9 Å². The number of benzene rings is 1. The Balaban J connectivity index is 2.32. The van der Waals surface area contributed by atoms with Gasteiger partial charge >= 0.3 is 0 Å². The summed E-state index contributed by atoms with van der Waals surface area (Å²) in [7, 11) is 0. The Morgan fingerprint density at radius 3 is 2.81 bits per heavy atom. The van der Waals surface area contributed by atoms with Gasteiger partial charge in [0.2, 0.25) is 0 Å². The van der Waals surface area contributed by atoms with E-state index in [9.17, 15) is 5.11 Å². The summed E-state index contributed by atoms with van der Waals surface area (Å²) in [6.45, 7) is 4.50. The first-order chi connectivity index (χ1) is 7.59. The molecule has 0 fully saturated rings. The van der Waals surface area contributed by atoms with Gasteiger partial charge in [0.25, 0.3) is 0 Å². The third kappa shape index (κ3) is 2.33. The molecule has 1 aliphatic carbocycles. The van der Waals surface area contributed by atoms with Gasteiger partial charge in [-0.2, -0.15) is 0 Å². The molecule has 1 aromatic rings. The van der Waals surface area contributed by atoms with Gasteiger partial charge in [0.15, 0.2) is 0 Å². The van der Waals surface area contributed by atoms with E-state index in [2.05, 4.69) is 41.9 Å². The van der Waals surface area contributed by atoms with Gasteiger partial charge in [-0.05, 0) is 48.3 Å². The van der Waals surface area contributed by atoms with Crippen LogP contribution in [0.15, 0.2) is 22.7 Å². The van der Waals surface area contributed by atoms with Crippen LogP contribution >= 0.6 is 15.9 Å². The first kappa shape index (κ1) is 12.1. The summed E-state index contributed by atoms with van der Waals surface area (Å²) < 4.78 is 1.15.